The minimum absolute atomic E-state index is 0.659. The van der Waals surface area contributed by atoms with Crippen molar-refractivity contribution in [3.63, 3.8) is 0 Å². The van der Waals surface area contributed by atoms with Crippen molar-refractivity contribution in [1.29, 1.82) is 0 Å². The van der Waals surface area contributed by atoms with Crippen molar-refractivity contribution >= 4 is 10.8 Å². The van der Waals surface area contributed by atoms with E-state index in [0.717, 1.165) is 50.6 Å². The van der Waals surface area contributed by atoms with Gasteiger partial charge in [0, 0.05) is 44.8 Å². The lowest BCUT2D eigenvalue weighted by atomic mass is 10.0. The van der Waals surface area contributed by atoms with Gasteiger partial charge in [-0.1, -0.05) is 48.5 Å². The number of hydrogen-bond donors (Lipinski definition) is 0. The highest BCUT2D eigenvalue weighted by Gasteiger charge is 2.21. The van der Waals surface area contributed by atoms with Crippen LogP contribution in [0.3, 0.4) is 0 Å². The predicted molar refractivity (Wildman–Crippen MR) is 121 cm³/mol. The molecule has 158 valence electrons. The molecule has 0 saturated carbocycles. The first kappa shape index (κ1) is 20.5. The second-order valence-electron chi connectivity index (χ2n) is 7.68. The van der Waals surface area contributed by atoms with Crippen molar-refractivity contribution in [2.45, 2.75) is 13.1 Å². The molecular formula is C25H30N2O3. The summed E-state index contributed by atoms with van der Waals surface area (Å²) in [6, 6.07) is 19.3. The Hall–Kier alpha value is -2.76. The highest BCUT2D eigenvalue weighted by Crippen LogP contribution is 2.40. The van der Waals surface area contributed by atoms with Crippen LogP contribution in [0, 0.1) is 0 Å². The fraction of sp³-hybridized carbons (Fsp3) is 0.360. The lowest BCUT2D eigenvalue weighted by Gasteiger charge is -2.35. The molecule has 3 aromatic rings. The van der Waals surface area contributed by atoms with E-state index in [1.807, 2.05) is 6.07 Å². The van der Waals surface area contributed by atoms with Crippen LogP contribution in [0.5, 0.6) is 17.2 Å². The van der Waals surface area contributed by atoms with E-state index in [2.05, 4.69) is 58.3 Å². The summed E-state index contributed by atoms with van der Waals surface area (Å²) in [7, 11) is 4.98. The minimum Gasteiger partial charge on any atom is -0.493 e. The molecule has 1 aliphatic rings. The number of ether oxygens (including phenoxy) is 3. The molecule has 0 atom stereocenters. The normalized spacial score (nSPS) is 15.3. The maximum absolute atomic E-state index is 5.65. The zero-order valence-corrected chi connectivity index (χ0v) is 18.1. The van der Waals surface area contributed by atoms with Crippen LogP contribution in [-0.4, -0.2) is 57.3 Å². The van der Waals surface area contributed by atoms with Crippen LogP contribution < -0.4 is 14.2 Å². The van der Waals surface area contributed by atoms with Gasteiger partial charge < -0.3 is 14.2 Å². The van der Waals surface area contributed by atoms with Gasteiger partial charge >= 0.3 is 0 Å². The Labute approximate surface area is 178 Å². The van der Waals surface area contributed by atoms with E-state index >= 15 is 0 Å². The molecule has 30 heavy (non-hydrogen) atoms. The van der Waals surface area contributed by atoms with E-state index in [1.54, 1.807) is 21.3 Å². The monoisotopic (exact) mass is 406 g/mol. The Morgan fingerprint density at radius 2 is 1.27 bits per heavy atom. The third-order valence-electron chi connectivity index (χ3n) is 5.92. The lowest BCUT2D eigenvalue weighted by molar-refractivity contribution is 0.121. The molecule has 4 rings (SSSR count). The fourth-order valence-corrected chi connectivity index (χ4v) is 4.31. The molecule has 0 unspecified atom stereocenters. The number of piperazine rings is 1. The average Bonchev–Trinajstić information content (AvgIpc) is 2.80. The number of hydrogen-bond acceptors (Lipinski definition) is 5. The van der Waals surface area contributed by atoms with E-state index in [0.29, 0.717) is 11.5 Å². The summed E-state index contributed by atoms with van der Waals surface area (Å²) >= 11 is 0. The predicted octanol–water partition coefficient (Wildman–Crippen LogP) is 4.18. The summed E-state index contributed by atoms with van der Waals surface area (Å²) < 4.78 is 16.6. The van der Waals surface area contributed by atoms with Gasteiger partial charge in [0.15, 0.2) is 11.5 Å². The van der Waals surface area contributed by atoms with E-state index in [-0.39, 0.29) is 0 Å². The molecule has 1 saturated heterocycles. The number of benzene rings is 3. The van der Waals surface area contributed by atoms with Crippen LogP contribution in [0.4, 0.5) is 0 Å². The van der Waals surface area contributed by atoms with Crippen molar-refractivity contribution in [2.24, 2.45) is 0 Å². The lowest BCUT2D eigenvalue weighted by Crippen LogP contribution is -2.45. The number of fused-ring (bicyclic) bond motifs is 1. The molecule has 0 N–H and O–H groups in total. The van der Waals surface area contributed by atoms with Crippen LogP contribution in [0.15, 0.2) is 54.6 Å². The highest BCUT2D eigenvalue weighted by atomic mass is 16.5. The number of nitrogens with zero attached hydrogens (tertiary/aromatic N) is 2. The molecule has 1 heterocycles. The van der Waals surface area contributed by atoms with Crippen LogP contribution in [0.25, 0.3) is 10.8 Å². The Morgan fingerprint density at radius 1 is 0.633 bits per heavy atom. The maximum atomic E-state index is 5.65. The Bertz CT molecular complexity index is 992. The Morgan fingerprint density at radius 3 is 1.93 bits per heavy atom. The van der Waals surface area contributed by atoms with Gasteiger partial charge in [0.1, 0.15) is 0 Å². The van der Waals surface area contributed by atoms with Crippen molar-refractivity contribution in [2.75, 3.05) is 47.5 Å². The SMILES string of the molecule is COc1ccc(CN2CCN(Cc3cccc4ccccc34)CC2)c(OC)c1OC. The third-order valence-corrected chi connectivity index (χ3v) is 5.92. The van der Waals surface area contributed by atoms with E-state index in [4.69, 9.17) is 14.2 Å². The molecule has 5 nitrogen and oxygen atoms in total. The van der Waals surface area contributed by atoms with Crippen molar-refractivity contribution in [3.05, 3.63) is 65.7 Å². The Balaban J connectivity index is 1.40. The average molecular weight is 407 g/mol. The molecule has 0 bridgehead atoms. The first-order chi connectivity index (χ1) is 14.7. The smallest absolute Gasteiger partial charge is 0.203 e. The summed E-state index contributed by atoms with van der Waals surface area (Å²) in [6.45, 7) is 6.00. The molecule has 0 amide bonds. The van der Waals surface area contributed by atoms with Gasteiger partial charge in [0.25, 0.3) is 0 Å². The first-order valence-corrected chi connectivity index (χ1v) is 10.4. The summed E-state index contributed by atoms with van der Waals surface area (Å²) in [4.78, 5) is 5.02. The summed E-state index contributed by atoms with van der Waals surface area (Å²) in [5, 5.41) is 2.67. The molecular weight excluding hydrogens is 376 g/mol. The van der Waals surface area contributed by atoms with Gasteiger partial charge in [0.2, 0.25) is 5.75 Å². The molecule has 0 radical (unpaired) electrons. The first-order valence-electron chi connectivity index (χ1n) is 10.4. The van der Waals surface area contributed by atoms with Gasteiger partial charge in [-0.2, -0.15) is 0 Å². The molecule has 1 fully saturated rings. The van der Waals surface area contributed by atoms with Crippen molar-refractivity contribution in [1.82, 2.24) is 9.80 Å². The van der Waals surface area contributed by atoms with Crippen LogP contribution in [-0.2, 0) is 13.1 Å². The van der Waals surface area contributed by atoms with Gasteiger partial charge in [-0.3, -0.25) is 9.80 Å². The van der Waals surface area contributed by atoms with Crippen LogP contribution in [0.2, 0.25) is 0 Å². The van der Waals surface area contributed by atoms with Gasteiger partial charge in [-0.15, -0.1) is 0 Å². The van der Waals surface area contributed by atoms with E-state index < -0.39 is 0 Å². The van der Waals surface area contributed by atoms with Crippen LogP contribution >= 0.6 is 0 Å². The molecule has 3 aromatic carbocycles. The molecule has 0 aliphatic carbocycles. The summed E-state index contributed by atoms with van der Waals surface area (Å²) in [5.74, 6) is 2.11. The minimum atomic E-state index is 0.659. The second-order valence-corrected chi connectivity index (χ2v) is 7.68. The van der Waals surface area contributed by atoms with E-state index in [1.165, 1.54) is 16.3 Å². The highest BCUT2D eigenvalue weighted by molar-refractivity contribution is 5.85. The standard InChI is InChI=1S/C25H30N2O3/c1-28-23-12-11-21(24(29-2)25(23)30-3)18-27-15-13-26(14-16-27)17-20-9-6-8-19-7-4-5-10-22(19)20/h4-12H,13-18H2,1-3H3. The second kappa shape index (κ2) is 9.37. The van der Waals surface area contributed by atoms with Gasteiger partial charge in [-0.05, 0) is 22.4 Å². The topological polar surface area (TPSA) is 34.2 Å². The zero-order valence-electron chi connectivity index (χ0n) is 18.1. The van der Waals surface area contributed by atoms with Crippen molar-refractivity contribution in [3.8, 4) is 17.2 Å². The number of methoxy groups -OCH3 is 3. The Kier molecular flexibility index (Phi) is 6.41. The number of rotatable bonds is 7. The largest absolute Gasteiger partial charge is 0.493 e. The van der Waals surface area contributed by atoms with Crippen molar-refractivity contribution < 1.29 is 14.2 Å². The van der Waals surface area contributed by atoms with E-state index in [9.17, 15) is 0 Å². The summed E-state index contributed by atoms with van der Waals surface area (Å²) in [5.41, 5.74) is 2.53. The van der Waals surface area contributed by atoms with Gasteiger partial charge in [-0.25, -0.2) is 0 Å². The van der Waals surface area contributed by atoms with Crippen LogP contribution in [0.1, 0.15) is 11.1 Å². The third kappa shape index (κ3) is 4.23. The zero-order chi connectivity index (χ0) is 20.9. The summed E-state index contributed by atoms with van der Waals surface area (Å²) in [6.07, 6.45) is 0. The van der Waals surface area contributed by atoms with Gasteiger partial charge in [0.05, 0.1) is 21.3 Å². The molecule has 5 heteroatoms. The fourth-order valence-electron chi connectivity index (χ4n) is 4.31. The molecule has 0 spiro atoms. The quantitative estimate of drug-likeness (QED) is 0.588. The maximum Gasteiger partial charge on any atom is 0.203 e. The molecule has 1 aliphatic heterocycles. The molecule has 0 aromatic heterocycles.